The average molecular weight is 316 g/mol. The summed E-state index contributed by atoms with van der Waals surface area (Å²) < 4.78 is 1.54. The molecule has 2 aromatic heterocycles. The molecule has 0 atom stereocenters. The number of benzene rings is 1. The van der Waals surface area contributed by atoms with E-state index in [1.807, 2.05) is 35.0 Å². The molecular formula is C16H4N4S2. The highest BCUT2D eigenvalue weighted by molar-refractivity contribution is 7.18. The van der Waals surface area contributed by atoms with Gasteiger partial charge in [-0.15, -0.1) is 22.7 Å². The van der Waals surface area contributed by atoms with Crippen molar-refractivity contribution in [2.75, 3.05) is 0 Å². The molecule has 100 valence electrons. The maximum absolute atomic E-state index is 9.25. The molecule has 4 nitrogen and oxygen atoms in total. The molecule has 3 aromatic rings. The number of nitrogens with zero attached hydrogens (tertiary/aromatic N) is 4. The van der Waals surface area contributed by atoms with Crippen LogP contribution in [0.25, 0.3) is 41.3 Å². The van der Waals surface area contributed by atoms with E-state index in [4.69, 9.17) is 13.1 Å². The molecule has 0 saturated heterocycles. The number of hydrogen-bond acceptors (Lipinski definition) is 4. The van der Waals surface area contributed by atoms with E-state index in [1.54, 1.807) is 0 Å². The van der Waals surface area contributed by atoms with Gasteiger partial charge in [-0.2, -0.15) is 0 Å². The third-order valence-corrected chi connectivity index (χ3v) is 5.10. The molecule has 0 spiro atoms. The molecule has 0 aliphatic carbocycles. The van der Waals surface area contributed by atoms with E-state index in [2.05, 4.69) is 9.69 Å². The Kier molecular flexibility index (Phi) is 3.34. The normalized spacial score (nSPS) is 12.9. The third kappa shape index (κ3) is 1.77. The lowest BCUT2D eigenvalue weighted by molar-refractivity contribution is 1.53. The van der Waals surface area contributed by atoms with Crippen molar-refractivity contribution in [3.63, 3.8) is 0 Å². The summed E-state index contributed by atoms with van der Waals surface area (Å²) in [6.45, 7) is 14.5. The molecule has 0 amide bonds. The smallest absolute Gasteiger partial charge is 0.226 e. The van der Waals surface area contributed by atoms with Gasteiger partial charge in [0.2, 0.25) is 0 Å². The van der Waals surface area contributed by atoms with Gasteiger partial charge in [-0.1, -0.05) is 0 Å². The second kappa shape index (κ2) is 5.32. The van der Waals surface area contributed by atoms with Crippen LogP contribution in [0.2, 0.25) is 0 Å². The van der Waals surface area contributed by atoms with Crippen LogP contribution < -0.4 is 10.4 Å². The summed E-state index contributed by atoms with van der Waals surface area (Å²) in [6.07, 6.45) is 0. The molecule has 0 aliphatic heterocycles. The zero-order chi connectivity index (χ0) is 15.7. The van der Waals surface area contributed by atoms with E-state index in [9.17, 15) is 10.5 Å². The second-order valence-electron chi connectivity index (χ2n) is 4.22. The second-order valence-corrected chi connectivity index (χ2v) is 6.05. The van der Waals surface area contributed by atoms with Gasteiger partial charge in [-0.05, 0) is 33.7 Å². The van der Waals surface area contributed by atoms with Gasteiger partial charge < -0.3 is 0 Å². The minimum absolute atomic E-state index is 0.0312. The summed E-state index contributed by atoms with van der Waals surface area (Å²) in [6, 6.07) is 7.57. The predicted molar refractivity (Wildman–Crippen MR) is 87.7 cm³/mol. The first kappa shape index (κ1) is 13.8. The minimum atomic E-state index is 0.0312. The Morgan fingerprint density at radius 3 is 1.59 bits per heavy atom. The van der Waals surface area contributed by atoms with Crippen molar-refractivity contribution in [2.45, 2.75) is 0 Å². The van der Waals surface area contributed by atoms with Gasteiger partial charge in [0.1, 0.15) is 0 Å². The molecule has 0 radical (unpaired) electrons. The van der Waals surface area contributed by atoms with Crippen molar-refractivity contribution < 1.29 is 0 Å². The fraction of sp³-hybridized carbons (Fsp3) is 0. The van der Waals surface area contributed by atoms with Crippen molar-refractivity contribution in [3.8, 4) is 12.1 Å². The van der Waals surface area contributed by atoms with Crippen LogP contribution in [0.4, 0.5) is 0 Å². The van der Waals surface area contributed by atoms with Gasteiger partial charge in [0.05, 0.1) is 25.3 Å². The van der Waals surface area contributed by atoms with Crippen LogP contribution in [0.15, 0.2) is 22.9 Å². The first-order valence-corrected chi connectivity index (χ1v) is 7.72. The molecule has 22 heavy (non-hydrogen) atoms. The first-order valence-electron chi connectivity index (χ1n) is 5.97. The molecule has 0 aliphatic rings. The summed E-state index contributed by atoms with van der Waals surface area (Å²) >= 11 is 2.82. The van der Waals surface area contributed by atoms with Gasteiger partial charge in [-0.25, -0.2) is 20.2 Å². The Morgan fingerprint density at radius 1 is 0.864 bits per heavy atom. The predicted octanol–water partition coefficient (Wildman–Crippen LogP) is 3.22. The highest BCUT2D eigenvalue weighted by atomic mass is 32.1. The maximum Gasteiger partial charge on any atom is 0.271 e. The minimum Gasteiger partial charge on any atom is -0.226 e. The van der Waals surface area contributed by atoms with Crippen LogP contribution >= 0.6 is 22.7 Å². The molecule has 0 fully saturated rings. The maximum atomic E-state index is 9.25. The highest BCUT2D eigenvalue weighted by Gasteiger charge is 2.13. The number of fused-ring (bicyclic) bond motifs is 2. The van der Waals surface area contributed by atoms with Crippen molar-refractivity contribution in [1.29, 1.82) is 10.5 Å². The first-order chi connectivity index (χ1) is 10.8. The lowest BCUT2D eigenvalue weighted by Gasteiger charge is -2.00. The summed E-state index contributed by atoms with van der Waals surface area (Å²) in [5, 5.41) is 24.9. The lowest BCUT2D eigenvalue weighted by atomic mass is 10.1. The van der Waals surface area contributed by atoms with E-state index in [0.717, 1.165) is 20.2 Å². The van der Waals surface area contributed by atoms with Crippen LogP contribution in [0.3, 0.4) is 0 Å². The lowest BCUT2D eigenvalue weighted by Crippen LogP contribution is -2.14. The third-order valence-electron chi connectivity index (χ3n) is 3.23. The van der Waals surface area contributed by atoms with Gasteiger partial charge in [0, 0.05) is 19.8 Å². The molecule has 0 unspecified atom stereocenters. The molecule has 0 N–H and O–H groups in total. The summed E-state index contributed by atoms with van der Waals surface area (Å²) in [5.74, 6) is 0. The number of nitriles is 2. The van der Waals surface area contributed by atoms with E-state index in [1.165, 1.54) is 22.7 Å². The summed E-state index contributed by atoms with van der Waals surface area (Å²) in [7, 11) is 0. The van der Waals surface area contributed by atoms with Gasteiger partial charge in [0.15, 0.2) is 0 Å². The van der Waals surface area contributed by atoms with Crippen LogP contribution in [0, 0.1) is 35.8 Å². The van der Waals surface area contributed by atoms with E-state index in [0.29, 0.717) is 10.4 Å². The molecule has 6 heteroatoms. The Morgan fingerprint density at radius 2 is 1.27 bits per heavy atom. The van der Waals surface area contributed by atoms with Crippen LogP contribution in [-0.2, 0) is 0 Å². The Balaban J connectivity index is 2.89. The molecule has 2 heterocycles. The fourth-order valence-corrected chi connectivity index (χ4v) is 4.31. The molecule has 3 rings (SSSR count). The summed E-state index contributed by atoms with van der Waals surface area (Å²) in [5.41, 5.74) is 0.0624. The quantitative estimate of drug-likeness (QED) is 0.598. The number of hydrogen-bond donors (Lipinski definition) is 0. The molecular weight excluding hydrogens is 312 g/mol. The Bertz CT molecular complexity index is 1030. The van der Waals surface area contributed by atoms with Crippen LogP contribution in [0.1, 0.15) is 0 Å². The van der Waals surface area contributed by atoms with Crippen LogP contribution in [-0.4, -0.2) is 0 Å². The van der Waals surface area contributed by atoms with Crippen molar-refractivity contribution >= 4 is 54.2 Å². The van der Waals surface area contributed by atoms with Gasteiger partial charge in [0.25, 0.3) is 11.4 Å². The van der Waals surface area contributed by atoms with Gasteiger partial charge >= 0.3 is 0 Å². The van der Waals surface area contributed by atoms with Crippen LogP contribution in [0.5, 0.6) is 0 Å². The van der Waals surface area contributed by atoms with E-state index in [-0.39, 0.29) is 11.4 Å². The topological polar surface area (TPSA) is 56.3 Å². The summed E-state index contributed by atoms with van der Waals surface area (Å²) in [4.78, 5) is 6.67. The largest absolute Gasteiger partial charge is 0.271 e. The zero-order valence-corrected chi connectivity index (χ0v) is 12.5. The highest BCUT2D eigenvalue weighted by Crippen LogP contribution is 2.24. The molecule has 0 bridgehead atoms. The van der Waals surface area contributed by atoms with Crippen molar-refractivity contribution in [3.05, 3.63) is 56.2 Å². The van der Waals surface area contributed by atoms with E-state index < -0.39 is 0 Å². The van der Waals surface area contributed by atoms with Gasteiger partial charge in [-0.3, -0.25) is 0 Å². The van der Waals surface area contributed by atoms with Crippen molar-refractivity contribution in [2.24, 2.45) is 0 Å². The number of rotatable bonds is 0. The standard InChI is InChI=1S/C16H4N4S2/c1-19-11(7-17)13-9-3-5-22-16(9)14(12(8-18)20-2)10-4-6-21-15(10)13/h3-6H. The average Bonchev–Trinajstić information content (AvgIpc) is 3.19. The molecule has 1 aromatic carbocycles. The van der Waals surface area contributed by atoms with E-state index >= 15 is 0 Å². The monoisotopic (exact) mass is 316 g/mol. The Labute approximate surface area is 133 Å². The zero-order valence-electron chi connectivity index (χ0n) is 10.9. The Hall–Kier alpha value is -3.16. The molecule has 0 saturated carbocycles. The fourth-order valence-electron chi connectivity index (χ4n) is 2.39. The van der Waals surface area contributed by atoms with Crippen molar-refractivity contribution in [1.82, 2.24) is 0 Å². The SMILES string of the molecule is [C-]#[N+]C(C#N)=c1c2ccsc2c(=C(C#N)[N+]#[C-])c2ccsc12. The number of thiophene rings is 2.